The van der Waals surface area contributed by atoms with E-state index in [1.807, 2.05) is 10.7 Å². The van der Waals surface area contributed by atoms with E-state index in [2.05, 4.69) is 44.7 Å². The number of nitrogens with zero attached hydrogens (tertiary/aromatic N) is 5. The number of halogens is 1. The predicted molar refractivity (Wildman–Crippen MR) is 82.9 cm³/mol. The average Bonchev–Trinajstić information content (AvgIpc) is 3.21. The van der Waals surface area contributed by atoms with Crippen LogP contribution in [0.25, 0.3) is 0 Å². The van der Waals surface area contributed by atoms with Crippen LogP contribution in [0.4, 0.5) is 0 Å². The van der Waals surface area contributed by atoms with E-state index in [-0.39, 0.29) is 12.4 Å². The molecule has 2 N–H and O–H groups in total. The van der Waals surface area contributed by atoms with Crippen LogP contribution in [0.2, 0.25) is 0 Å². The lowest BCUT2D eigenvalue weighted by Gasteiger charge is -2.21. The number of rotatable bonds is 7. The topological polar surface area (TPSA) is 72.9 Å². The van der Waals surface area contributed by atoms with Gasteiger partial charge in [-0.2, -0.15) is 0 Å². The van der Waals surface area contributed by atoms with Gasteiger partial charge < -0.3 is 5.73 Å². The number of nitrogens with two attached hydrogens (primary N) is 1. The van der Waals surface area contributed by atoms with Gasteiger partial charge in [-0.3, -0.25) is 4.90 Å². The molecule has 2 aromatic rings. The monoisotopic (exact) mass is 308 g/mol. The van der Waals surface area contributed by atoms with E-state index >= 15 is 0 Å². The highest BCUT2D eigenvalue weighted by Crippen LogP contribution is 2.34. The molecule has 0 saturated heterocycles. The molecular formula is C14H21ClN6. The molecule has 1 saturated carbocycles. The van der Waals surface area contributed by atoms with Gasteiger partial charge in [0.25, 0.3) is 0 Å². The van der Waals surface area contributed by atoms with Gasteiger partial charge in [-0.1, -0.05) is 30.3 Å². The van der Waals surface area contributed by atoms with Crippen molar-refractivity contribution in [3.63, 3.8) is 0 Å². The second-order valence-corrected chi connectivity index (χ2v) is 5.26. The average molecular weight is 309 g/mol. The van der Waals surface area contributed by atoms with Crippen molar-refractivity contribution in [3.8, 4) is 0 Å². The van der Waals surface area contributed by atoms with Crippen molar-refractivity contribution in [2.75, 3.05) is 13.1 Å². The summed E-state index contributed by atoms with van der Waals surface area (Å²) in [6.07, 6.45) is 2.38. The number of aromatic nitrogens is 4. The zero-order valence-corrected chi connectivity index (χ0v) is 12.7. The van der Waals surface area contributed by atoms with Crippen LogP contribution >= 0.6 is 12.4 Å². The van der Waals surface area contributed by atoms with E-state index in [4.69, 9.17) is 5.73 Å². The predicted octanol–water partition coefficient (Wildman–Crippen LogP) is 1.39. The normalized spacial score (nSPS) is 14.2. The first-order valence-electron chi connectivity index (χ1n) is 7.10. The largest absolute Gasteiger partial charge is 0.329 e. The fourth-order valence-corrected chi connectivity index (χ4v) is 2.36. The van der Waals surface area contributed by atoms with Crippen molar-refractivity contribution in [1.82, 2.24) is 25.1 Å². The van der Waals surface area contributed by atoms with Gasteiger partial charge >= 0.3 is 0 Å². The SMILES string of the molecule is Cl.NCCN(Cc1ccccc1)Cc1nnnn1C1CC1. The van der Waals surface area contributed by atoms with Crippen molar-refractivity contribution in [2.24, 2.45) is 5.73 Å². The number of hydrogen-bond acceptors (Lipinski definition) is 5. The van der Waals surface area contributed by atoms with Gasteiger partial charge in [0.15, 0.2) is 5.82 Å². The van der Waals surface area contributed by atoms with E-state index in [0.717, 1.165) is 25.5 Å². The Morgan fingerprint density at radius 1 is 1.19 bits per heavy atom. The highest BCUT2D eigenvalue weighted by Gasteiger charge is 2.28. The Morgan fingerprint density at radius 2 is 1.95 bits per heavy atom. The zero-order chi connectivity index (χ0) is 13.8. The molecule has 21 heavy (non-hydrogen) atoms. The Hall–Kier alpha value is -1.50. The maximum atomic E-state index is 5.72. The Balaban J connectivity index is 0.00000161. The molecule has 1 aromatic heterocycles. The summed E-state index contributed by atoms with van der Waals surface area (Å²) in [5, 5.41) is 12.1. The van der Waals surface area contributed by atoms with Gasteiger partial charge in [-0.15, -0.1) is 17.5 Å². The molecule has 0 atom stereocenters. The summed E-state index contributed by atoms with van der Waals surface area (Å²) in [6.45, 7) is 3.09. The van der Waals surface area contributed by atoms with Crippen LogP contribution in [0.5, 0.6) is 0 Å². The van der Waals surface area contributed by atoms with Gasteiger partial charge in [0, 0.05) is 19.6 Å². The zero-order valence-electron chi connectivity index (χ0n) is 11.9. The highest BCUT2D eigenvalue weighted by molar-refractivity contribution is 5.85. The first kappa shape index (κ1) is 15.9. The molecule has 1 fully saturated rings. The molecule has 0 radical (unpaired) electrons. The first-order chi connectivity index (χ1) is 9.86. The fourth-order valence-electron chi connectivity index (χ4n) is 2.36. The summed E-state index contributed by atoms with van der Waals surface area (Å²) >= 11 is 0. The Labute approximate surface area is 130 Å². The first-order valence-corrected chi connectivity index (χ1v) is 7.10. The van der Waals surface area contributed by atoms with E-state index in [1.165, 1.54) is 18.4 Å². The van der Waals surface area contributed by atoms with Gasteiger partial charge in [0.1, 0.15) is 0 Å². The standard InChI is InChI=1S/C14H20N6.ClH/c15-8-9-19(10-12-4-2-1-3-5-12)11-14-16-17-18-20(14)13-6-7-13;/h1-5,13H,6-11,15H2;1H. The molecule has 1 aliphatic carbocycles. The minimum Gasteiger partial charge on any atom is -0.329 e. The minimum absolute atomic E-state index is 0. The van der Waals surface area contributed by atoms with Crippen LogP contribution in [-0.2, 0) is 13.1 Å². The molecule has 7 heteroatoms. The molecule has 0 unspecified atom stereocenters. The summed E-state index contributed by atoms with van der Waals surface area (Å²) in [6, 6.07) is 10.9. The summed E-state index contributed by atoms with van der Waals surface area (Å²) in [5.41, 5.74) is 7.01. The molecule has 6 nitrogen and oxygen atoms in total. The van der Waals surface area contributed by atoms with Crippen molar-refractivity contribution in [1.29, 1.82) is 0 Å². The summed E-state index contributed by atoms with van der Waals surface area (Å²) in [7, 11) is 0. The third-order valence-corrected chi connectivity index (χ3v) is 3.51. The van der Waals surface area contributed by atoms with E-state index in [1.54, 1.807) is 0 Å². The molecule has 0 bridgehead atoms. The van der Waals surface area contributed by atoms with E-state index in [9.17, 15) is 0 Å². The van der Waals surface area contributed by atoms with Crippen molar-refractivity contribution < 1.29 is 0 Å². The lowest BCUT2D eigenvalue weighted by atomic mass is 10.2. The third-order valence-electron chi connectivity index (χ3n) is 3.51. The van der Waals surface area contributed by atoms with Crippen LogP contribution in [0.1, 0.15) is 30.3 Å². The summed E-state index contributed by atoms with van der Waals surface area (Å²) in [4.78, 5) is 2.29. The number of benzene rings is 1. The quantitative estimate of drug-likeness (QED) is 0.837. The number of tetrazole rings is 1. The summed E-state index contributed by atoms with van der Waals surface area (Å²) < 4.78 is 1.97. The fraction of sp³-hybridized carbons (Fsp3) is 0.500. The molecule has 1 heterocycles. The second-order valence-electron chi connectivity index (χ2n) is 5.26. The molecular weight excluding hydrogens is 288 g/mol. The number of hydrogen-bond donors (Lipinski definition) is 1. The van der Waals surface area contributed by atoms with Crippen molar-refractivity contribution >= 4 is 12.4 Å². The van der Waals surface area contributed by atoms with Crippen LogP contribution in [0.15, 0.2) is 30.3 Å². The van der Waals surface area contributed by atoms with Crippen molar-refractivity contribution in [3.05, 3.63) is 41.7 Å². The van der Waals surface area contributed by atoms with Crippen molar-refractivity contribution in [2.45, 2.75) is 32.0 Å². The van der Waals surface area contributed by atoms with Gasteiger partial charge in [-0.25, -0.2) is 4.68 Å². The molecule has 1 aromatic carbocycles. The van der Waals surface area contributed by atoms with Crippen LogP contribution in [0.3, 0.4) is 0 Å². The smallest absolute Gasteiger partial charge is 0.165 e. The maximum absolute atomic E-state index is 5.72. The van der Waals surface area contributed by atoms with Crippen LogP contribution in [-0.4, -0.2) is 38.2 Å². The Morgan fingerprint density at radius 3 is 2.62 bits per heavy atom. The van der Waals surface area contributed by atoms with Gasteiger partial charge in [-0.05, 0) is 28.8 Å². The molecule has 3 rings (SSSR count). The Bertz CT molecular complexity index is 539. The molecule has 0 spiro atoms. The van der Waals surface area contributed by atoms with E-state index < -0.39 is 0 Å². The maximum Gasteiger partial charge on any atom is 0.165 e. The summed E-state index contributed by atoms with van der Waals surface area (Å²) in [5.74, 6) is 0.942. The van der Waals surface area contributed by atoms with Gasteiger partial charge in [0.2, 0.25) is 0 Å². The van der Waals surface area contributed by atoms with Gasteiger partial charge in [0.05, 0.1) is 12.6 Å². The third kappa shape index (κ3) is 4.23. The molecule has 0 amide bonds. The Kier molecular flexibility index (Phi) is 5.67. The van der Waals surface area contributed by atoms with E-state index in [0.29, 0.717) is 12.6 Å². The molecule has 1 aliphatic rings. The lowest BCUT2D eigenvalue weighted by Crippen LogP contribution is -2.30. The minimum atomic E-state index is 0. The lowest BCUT2D eigenvalue weighted by molar-refractivity contribution is 0.252. The van der Waals surface area contributed by atoms with Crippen LogP contribution in [0, 0.1) is 0 Å². The highest BCUT2D eigenvalue weighted by atomic mass is 35.5. The van der Waals surface area contributed by atoms with Crippen LogP contribution < -0.4 is 5.73 Å². The molecule has 114 valence electrons. The molecule has 0 aliphatic heterocycles. The second kappa shape index (κ2) is 7.49.